The van der Waals surface area contributed by atoms with Crippen molar-refractivity contribution >= 4 is 5.91 Å². The minimum Gasteiger partial charge on any atom is -0.493 e. The van der Waals surface area contributed by atoms with Crippen LogP contribution in [-0.4, -0.2) is 41.0 Å². The van der Waals surface area contributed by atoms with Gasteiger partial charge in [0, 0.05) is 6.54 Å². The number of para-hydroxylation sites is 2. The van der Waals surface area contributed by atoms with Gasteiger partial charge in [0.25, 0.3) is 11.5 Å². The van der Waals surface area contributed by atoms with Gasteiger partial charge in [0.1, 0.15) is 5.82 Å². The molecule has 0 saturated carbocycles. The van der Waals surface area contributed by atoms with Crippen molar-refractivity contribution in [3.63, 3.8) is 0 Å². The zero-order valence-electron chi connectivity index (χ0n) is 14.6. The number of nitrogens with zero attached hydrogens (tertiary/aromatic N) is 2. The normalized spacial score (nSPS) is 16.6. The van der Waals surface area contributed by atoms with Gasteiger partial charge in [-0.3, -0.25) is 9.59 Å². The van der Waals surface area contributed by atoms with E-state index in [0.717, 1.165) is 6.42 Å². The molecule has 1 fully saturated rings. The van der Waals surface area contributed by atoms with Crippen molar-refractivity contribution < 1.29 is 18.7 Å². The number of methoxy groups -OCH3 is 1. The highest BCUT2D eigenvalue weighted by atomic mass is 19.1. The molecule has 0 spiro atoms. The Labute approximate surface area is 149 Å². The Bertz CT molecular complexity index is 868. The van der Waals surface area contributed by atoms with Crippen LogP contribution < -0.4 is 15.0 Å². The number of amides is 1. The van der Waals surface area contributed by atoms with Crippen LogP contribution in [0.1, 0.15) is 30.4 Å². The highest BCUT2D eigenvalue weighted by Gasteiger charge is 2.32. The molecular formula is C18H20FN3O4. The maximum atomic E-state index is 13.5. The molecule has 26 heavy (non-hydrogen) atoms. The Morgan fingerprint density at radius 1 is 1.38 bits per heavy atom. The molecule has 1 amide bonds. The number of rotatable bonds is 5. The molecule has 3 rings (SSSR count). The van der Waals surface area contributed by atoms with Crippen LogP contribution in [0.25, 0.3) is 0 Å². The van der Waals surface area contributed by atoms with Gasteiger partial charge in [-0.15, -0.1) is 0 Å². The minimum atomic E-state index is -0.899. The molecule has 7 nitrogen and oxygen atoms in total. The van der Waals surface area contributed by atoms with Gasteiger partial charge < -0.3 is 19.4 Å². The van der Waals surface area contributed by atoms with Gasteiger partial charge in [-0.2, -0.15) is 4.39 Å². The van der Waals surface area contributed by atoms with Gasteiger partial charge in [-0.1, -0.05) is 12.1 Å². The smallest absolute Gasteiger partial charge is 0.287 e. The third-order valence-electron chi connectivity index (χ3n) is 4.36. The maximum Gasteiger partial charge on any atom is 0.287 e. The fraction of sp³-hybridized carbons (Fsp3) is 0.389. The molecule has 1 aliphatic heterocycles. The molecule has 1 aromatic carbocycles. The first-order valence-electron chi connectivity index (χ1n) is 8.33. The van der Waals surface area contributed by atoms with E-state index in [1.54, 1.807) is 23.1 Å². The molecule has 1 aromatic heterocycles. The number of carbonyl (C=O) groups is 1. The molecule has 1 aliphatic rings. The molecule has 138 valence electrons. The molecule has 1 atom stereocenters. The van der Waals surface area contributed by atoms with Crippen LogP contribution in [0.2, 0.25) is 0 Å². The lowest BCUT2D eigenvalue weighted by atomic mass is 10.2. The predicted molar refractivity (Wildman–Crippen MR) is 91.7 cm³/mol. The van der Waals surface area contributed by atoms with Gasteiger partial charge in [0.2, 0.25) is 5.82 Å². The van der Waals surface area contributed by atoms with Crippen LogP contribution in [-0.2, 0) is 4.79 Å². The number of ether oxygens (including phenoxy) is 2. The third-order valence-corrected chi connectivity index (χ3v) is 4.36. The lowest BCUT2D eigenvalue weighted by Gasteiger charge is -2.24. The molecule has 2 aromatic rings. The van der Waals surface area contributed by atoms with Crippen molar-refractivity contribution in [3.05, 3.63) is 52.0 Å². The van der Waals surface area contributed by atoms with Crippen LogP contribution in [0.4, 0.5) is 4.39 Å². The number of aryl methyl sites for hydroxylation is 1. The minimum absolute atomic E-state index is 0.0216. The zero-order chi connectivity index (χ0) is 18.7. The summed E-state index contributed by atoms with van der Waals surface area (Å²) in [5.41, 5.74) is -0.801. The van der Waals surface area contributed by atoms with E-state index in [1.807, 2.05) is 6.07 Å². The standard InChI is InChI=1S/C18H20FN3O4/c1-11-16(19)18(24)21-17(20-11)12-6-5-9-22(12)15(23)10-26-14-8-4-3-7-13(14)25-2/h3-4,7-8,12H,5-6,9-10H2,1-2H3,(H,20,21,24). The number of likely N-dealkylation sites (tertiary alicyclic amines) is 1. The number of hydrogen-bond acceptors (Lipinski definition) is 5. The first-order chi connectivity index (χ1) is 12.5. The summed E-state index contributed by atoms with van der Waals surface area (Å²) >= 11 is 0. The second-order valence-corrected chi connectivity index (χ2v) is 6.04. The molecule has 0 aliphatic carbocycles. The Morgan fingerprint density at radius 2 is 2.12 bits per heavy atom. The summed E-state index contributed by atoms with van der Waals surface area (Å²) in [6.45, 7) is 1.79. The molecule has 8 heteroatoms. The second-order valence-electron chi connectivity index (χ2n) is 6.04. The molecule has 0 bridgehead atoms. The average Bonchev–Trinajstić information content (AvgIpc) is 3.14. The SMILES string of the molecule is COc1ccccc1OCC(=O)N1CCCC1c1nc(C)c(F)c(=O)[nH]1. The van der Waals surface area contributed by atoms with Crippen molar-refractivity contribution in [1.82, 2.24) is 14.9 Å². The Balaban J connectivity index is 1.73. The summed E-state index contributed by atoms with van der Waals surface area (Å²) in [4.78, 5) is 32.4. The lowest BCUT2D eigenvalue weighted by molar-refractivity contribution is -0.134. The number of nitrogens with one attached hydrogen (secondary N) is 1. The van der Waals surface area contributed by atoms with Crippen molar-refractivity contribution in [2.45, 2.75) is 25.8 Å². The Hall–Kier alpha value is -2.90. The van der Waals surface area contributed by atoms with Crippen LogP contribution in [0.15, 0.2) is 29.1 Å². The number of aromatic amines is 1. The first kappa shape index (κ1) is 17.9. The predicted octanol–water partition coefficient (Wildman–Crippen LogP) is 1.97. The zero-order valence-corrected chi connectivity index (χ0v) is 14.6. The van der Waals surface area contributed by atoms with E-state index in [9.17, 15) is 14.0 Å². The highest BCUT2D eigenvalue weighted by Crippen LogP contribution is 2.30. The van der Waals surface area contributed by atoms with E-state index in [2.05, 4.69) is 9.97 Å². The van der Waals surface area contributed by atoms with Crippen molar-refractivity contribution in [2.24, 2.45) is 0 Å². The molecule has 0 radical (unpaired) electrons. The number of aromatic nitrogens is 2. The summed E-state index contributed by atoms with van der Waals surface area (Å²) in [6.07, 6.45) is 1.42. The summed E-state index contributed by atoms with van der Waals surface area (Å²) < 4.78 is 24.3. The van der Waals surface area contributed by atoms with E-state index in [1.165, 1.54) is 14.0 Å². The molecule has 1 saturated heterocycles. The van der Waals surface area contributed by atoms with Crippen LogP contribution in [0.3, 0.4) is 0 Å². The van der Waals surface area contributed by atoms with E-state index in [0.29, 0.717) is 30.3 Å². The van der Waals surface area contributed by atoms with Crippen molar-refractivity contribution in [1.29, 1.82) is 0 Å². The summed E-state index contributed by atoms with van der Waals surface area (Å²) in [7, 11) is 1.53. The topological polar surface area (TPSA) is 84.5 Å². The molecule has 1 N–H and O–H groups in total. The number of halogens is 1. The van der Waals surface area contributed by atoms with Gasteiger partial charge in [-0.25, -0.2) is 4.98 Å². The summed E-state index contributed by atoms with van der Waals surface area (Å²) in [5, 5.41) is 0. The fourth-order valence-electron chi connectivity index (χ4n) is 3.06. The molecular weight excluding hydrogens is 341 g/mol. The first-order valence-corrected chi connectivity index (χ1v) is 8.33. The molecule has 1 unspecified atom stereocenters. The van der Waals surface area contributed by atoms with E-state index < -0.39 is 17.4 Å². The maximum absolute atomic E-state index is 13.5. The van der Waals surface area contributed by atoms with Crippen LogP contribution >= 0.6 is 0 Å². The van der Waals surface area contributed by atoms with Gasteiger partial charge >= 0.3 is 0 Å². The van der Waals surface area contributed by atoms with Gasteiger partial charge in [0.15, 0.2) is 18.1 Å². The number of benzene rings is 1. The van der Waals surface area contributed by atoms with Crippen molar-refractivity contribution in [3.8, 4) is 11.5 Å². The van der Waals surface area contributed by atoms with E-state index in [4.69, 9.17) is 9.47 Å². The highest BCUT2D eigenvalue weighted by molar-refractivity contribution is 5.78. The van der Waals surface area contributed by atoms with Crippen molar-refractivity contribution in [2.75, 3.05) is 20.3 Å². The second kappa shape index (κ2) is 7.55. The number of carbonyl (C=O) groups excluding carboxylic acids is 1. The quantitative estimate of drug-likeness (QED) is 0.880. The third kappa shape index (κ3) is 3.54. The monoisotopic (exact) mass is 361 g/mol. The Morgan fingerprint density at radius 3 is 2.81 bits per heavy atom. The van der Waals surface area contributed by atoms with E-state index in [-0.39, 0.29) is 18.2 Å². The van der Waals surface area contributed by atoms with E-state index >= 15 is 0 Å². The van der Waals surface area contributed by atoms with Crippen LogP contribution in [0.5, 0.6) is 11.5 Å². The number of hydrogen-bond donors (Lipinski definition) is 1. The fourth-order valence-corrected chi connectivity index (χ4v) is 3.06. The average molecular weight is 361 g/mol. The van der Waals surface area contributed by atoms with Gasteiger partial charge in [-0.05, 0) is 31.9 Å². The largest absolute Gasteiger partial charge is 0.493 e. The van der Waals surface area contributed by atoms with Crippen LogP contribution in [0, 0.1) is 12.7 Å². The Kier molecular flexibility index (Phi) is 5.20. The molecule has 2 heterocycles. The summed E-state index contributed by atoms with van der Waals surface area (Å²) in [6, 6.07) is 6.67. The number of H-pyrrole nitrogens is 1. The lowest BCUT2D eigenvalue weighted by Crippen LogP contribution is -2.36. The summed E-state index contributed by atoms with van der Waals surface area (Å²) in [5.74, 6) is 0.186. The van der Waals surface area contributed by atoms with Gasteiger partial charge in [0.05, 0.1) is 18.8 Å².